The number of carbonyl (C=O) groups excluding carboxylic acids is 2. The Kier molecular flexibility index (Phi) is 8.43. The van der Waals surface area contributed by atoms with Crippen molar-refractivity contribution in [3.8, 4) is 0 Å². The lowest BCUT2D eigenvalue weighted by Gasteiger charge is -2.26. The summed E-state index contributed by atoms with van der Waals surface area (Å²) in [4.78, 5) is 28.2. The third-order valence-corrected chi connectivity index (χ3v) is 6.70. The lowest BCUT2D eigenvalue weighted by atomic mass is 9.96. The Bertz CT molecular complexity index is 1200. The molecule has 0 aliphatic rings. The number of aryl methyl sites for hydroxylation is 1. The minimum Gasteiger partial charge on any atom is -0.399 e. The highest BCUT2D eigenvalue weighted by Gasteiger charge is 2.33. The molecule has 0 spiro atoms. The van der Waals surface area contributed by atoms with Crippen LogP contribution in [0.15, 0.2) is 84.9 Å². The van der Waals surface area contributed by atoms with Crippen LogP contribution < -0.4 is 15.4 Å². The average molecular weight is 480 g/mol. The van der Waals surface area contributed by atoms with Crippen LogP contribution in [0.4, 0.5) is 11.4 Å². The highest BCUT2D eigenvalue weighted by molar-refractivity contribution is 7.90. The molecule has 3 N–H and O–H groups in total. The summed E-state index contributed by atoms with van der Waals surface area (Å²) in [6.45, 7) is 2.13. The predicted molar refractivity (Wildman–Crippen MR) is 135 cm³/mol. The van der Waals surface area contributed by atoms with E-state index in [-0.39, 0.29) is 18.6 Å². The first-order chi connectivity index (χ1) is 16.3. The summed E-state index contributed by atoms with van der Waals surface area (Å²) in [5.74, 6) is -2.80. The number of nitrogen functional groups attached to an aromatic ring is 1. The van der Waals surface area contributed by atoms with Gasteiger partial charge >= 0.3 is 0 Å². The number of carbonyl (C=O) groups is 2. The number of nitrogens with zero attached hydrogens (tertiary/aromatic N) is 1. The van der Waals surface area contributed by atoms with Crippen molar-refractivity contribution in [2.24, 2.45) is 5.92 Å². The zero-order valence-corrected chi connectivity index (χ0v) is 19.9. The summed E-state index contributed by atoms with van der Waals surface area (Å²) >= 11 is 0. The van der Waals surface area contributed by atoms with Gasteiger partial charge < -0.3 is 10.6 Å². The second-order valence-corrected chi connectivity index (χ2v) is 9.78. The number of nitrogens with two attached hydrogens (primary N) is 1. The van der Waals surface area contributed by atoms with E-state index in [9.17, 15) is 18.0 Å². The monoisotopic (exact) mass is 479 g/mol. The molecule has 0 radical (unpaired) electrons. The SMILES string of the molecule is CCN(C(=O)C(Cc1ccc(N)cc1)C(=O)NS(=O)(=O)CCc1ccccc1)c1ccccc1. The highest BCUT2D eigenvalue weighted by atomic mass is 32.2. The number of sulfonamides is 1. The Labute approximate surface area is 200 Å². The zero-order valence-electron chi connectivity index (χ0n) is 19.1. The molecular formula is C26H29N3O4S. The van der Waals surface area contributed by atoms with E-state index in [0.29, 0.717) is 23.5 Å². The first-order valence-corrected chi connectivity index (χ1v) is 12.7. The molecule has 178 valence electrons. The van der Waals surface area contributed by atoms with Gasteiger partial charge in [0.05, 0.1) is 5.75 Å². The maximum Gasteiger partial charge on any atom is 0.246 e. The fourth-order valence-corrected chi connectivity index (χ4v) is 4.67. The van der Waals surface area contributed by atoms with Crippen LogP contribution in [0.5, 0.6) is 0 Å². The quantitative estimate of drug-likeness (QED) is 0.343. The van der Waals surface area contributed by atoms with Crippen LogP contribution in [0.3, 0.4) is 0 Å². The number of rotatable bonds is 10. The van der Waals surface area contributed by atoms with Crippen molar-refractivity contribution in [1.82, 2.24) is 4.72 Å². The molecule has 1 unspecified atom stereocenters. The van der Waals surface area contributed by atoms with Crippen LogP contribution in [-0.2, 0) is 32.5 Å². The van der Waals surface area contributed by atoms with Crippen LogP contribution >= 0.6 is 0 Å². The topological polar surface area (TPSA) is 110 Å². The van der Waals surface area contributed by atoms with Crippen LogP contribution in [0, 0.1) is 5.92 Å². The molecule has 3 aromatic carbocycles. The van der Waals surface area contributed by atoms with Crippen LogP contribution in [0.25, 0.3) is 0 Å². The minimum absolute atomic E-state index is 0.0441. The average Bonchev–Trinajstić information content (AvgIpc) is 2.84. The third-order valence-electron chi connectivity index (χ3n) is 5.44. The van der Waals surface area contributed by atoms with Crippen molar-refractivity contribution in [2.75, 3.05) is 22.9 Å². The predicted octanol–water partition coefficient (Wildman–Crippen LogP) is 3.17. The van der Waals surface area contributed by atoms with Crippen molar-refractivity contribution in [3.63, 3.8) is 0 Å². The number of amides is 2. The van der Waals surface area contributed by atoms with Crippen molar-refractivity contribution in [2.45, 2.75) is 19.8 Å². The van der Waals surface area contributed by atoms with Crippen LogP contribution in [0.1, 0.15) is 18.1 Å². The molecule has 34 heavy (non-hydrogen) atoms. The standard InChI is InChI=1S/C26H29N3O4S/c1-2-29(23-11-7-4-8-12-23)26(31)24(19-21-13-15-22(27)16-14-21)25(30)28-34(32,33)18-17-20-9-5-3-6-10-20/h3-16,24H,2,17-19,27H2,1H3,(H,28,30). The third kappa shape index (κ3) is 6.92. The maximum atomic E-state index is 13.5. The lowest BCUT2D eigenvalue weighted by molar-refractivity contribution is -0.132. The number of nitrogens with one attached hydrogen (secondary N) is 1. The number of anilines is 2. The second-order valence-electron chi connectivity index (χ2n) is 7.94. The van der Waals surface area contributed by atoms with Crippen LogP contribution in [0.2, 0.25) is 0 Å². The molecule has 8 heteroatoms. The summed E-state index contributed by atoms with van der Waals surface area (Å²) in [7, 11) is -3.94. The Balaban J connectivity index is 1.82. The van der Waals surface area contributed by atoms with Gasteiger partial charge in [-0.15, -0.1) is 0 Å². The molecule has 2 amide bonds. The summed E-state index contributed by atoms with van der Waals surface area (Å²) in [5, 5.41) is 0. The molecule has 0 fully saturated rings. The van der Waals surface area contributed by atoms with E-state index in [1.807, 2.05) is 36.4 Å². The Morgan fingerprint density at radius 2 is 1.47 bits per heavy atom. The molecule has 0 bridgehead atoms. The van der Waals surface area contributed by atoms with Gasteiger partial charge in [-0.1, -0.05) is 60.7 Å². The molecule has 0 saturated carbocycles. The van der Waals surface area contributed by atoms with Gasteiger partial charge in [-0.2, -0.15) is 0 Å². The van der Waals surface area contributed by atoms with E-state index in [2.05, 4.69) is 4.72 Å². The number of benzene rings is 3. The minimum atomic E-state index is -3.94. The van der Waals surface area contributed by atoms with Gasteiger partial charge in [0, 0.05) is 17.9 Å². The largest absolute Gasteiger partial charge is 0.399 e. The van der Waals surface area contributed by atoms with Gasteiger partial charge in [0.1, 0.15) is 5.92 Å². The van der Waals surface area contributed by atoms with E-state index >= 15 is 0 Å². The fourth-order valence-electron chi connectivity index (χ4n) is 3.62. The second kappa shape index (κ2) is 11.5. The van der Waals surface area contributed by atoms with Crippen molar-refractivity contribution in [1.29, 1.82) is 0 Å². The van der Waals surface area contributed by atoms with Crippen molar-refractivity contribution in [3.05, 3.63) is 96.1 Å². The lowest BCUT2D eigenvalue weighted by Crippen LogP contribution is -2.47. The first-order valence-electron chi connectivity index (χ1n) is 11.1. The molecule has 0 aliphatic carbocycles. The summed E-state index contributed by atoms with van der Waals surface area (Å²) < 4.78 is 27.5. The van der Waals surface area contributed by atoms with Gasteiger partial charge in [0.2, 0.25) is 21.8 Å². The summed E-state index contributed by atoms with van der Waals surface area (Å²) in [6, 6.07) is 24.9. The number of hydrogen-bond donors (Lipinski definition) is 2. The van der Waals surface area contributed by atoms with Crippen molar-refractivity contribution >= 4 is 33.2 Å². The van der Waals surface area contributed by atoms with E-state index in [4.69, 9.17) is 5.73 Å². The molecule has 1 atom stereocenters. The fraction of sp³-hybridized carbons (Fsp3) is 0.231. The van der Waals surface area contributed by atoms with Crippen LogP contribution in [-0.4, -0.2) is 32.5 Å². The molecule has 7 nitrogen and oxygen atoms in total. The van der Waals surface area contributed by atoms with E-state index in [0.717, 1.165) is 5.56 Å². The van der Waals surface area contributed by atoms with Gasteiger partial charge in [-0.25, -0.2) is 8.42 Å². The molecule has 3 rings (SSSR count). The van der Waals surface area contributed by atoms with E-state index < -0.39 is 27.8 Å². The Morgan fingerprint density at radius 3 is 2.06 bits per heavy atom. The van der Waals surface area contributed by atoms with Gasteiger partial charge in [0.15, 0.2) is 0 Å². The van der Waals surface area contributed by atoms with Crippen molar-refractivity contribution < 1.29 is 18.0 Å². The number of para-hydroxylation sites is 1. The van der Waals surface area contributed by atoms with E-state index in [1.165, 1.54) is 4.90 Å². The maximum absolute atomic E-state index is 13.5. The highest BCUT2D eigenvalue weighted by Crippen LogP contribution is 2.20. The molecule has 0 saturated heterocycles. The van der Waals surface area contributed by atoms with E-state index in [1.54, 1.807) is 55.5 Å². The smallest absolute Gasteiger partial charge is 0.246 e. The molecule has 0 aromatic heterocycles. The Morgan fingerprint density at radius 1 is 0.882 bits per heavy atom. The van der Waals surface area contributed by atoms with Gasteiger partial charge in [-0.3, -0.25) is 14.3 Å². The van der Waals surface area contributed by atoms with Gasteiger partial charge in [-0.05, 0) is 55.2 Å². The first kappa shape index (κ1) is 25.0. The zero-order chi connectivity index (χ0) is 24.6. The molecule has 0 aliphatic heterocycles. The number of hydrogen-bond acceptors (Lipinski definition) is 5. The Hall–Kier alpha value is -3.65. The molecule has 3 aromatic rings. The molecule has 0 heterocycles. The van der Waals surface area contributed by atoms with Gasteiger partial charge in [0.25, 0.3) is 0 Å². The summed E-state index contributed by atoms with van der Waals surface area (Å²) in [6.07, 6.45) is 0.299. The normalized spacial score (nSPS) is 12.0. The molecular weight excluding hydrogens is 450 g/mol. The summed E-state index contributed by atoms with van der Waals surface area (Å²) in [5.41, 5.74) is 8.49.